The van der Waals surface area contributed by atoms with Crippen LogP contribution < -0.4 is 0 Å². The molecule has 15 heavy (non-hydrogen) atoms. The third kappa shape index (κ3) is 1.03. The summed E-state index contributed by atoms with van der Waals surface area (Å²) in [5.74, 6) is 0.0290. The fraction of sp³-hybridized carbons (Fsp3) is 0.625. The number of rotatable bonds is 2. The SMILES string of the molecule is CC(c1nn[nH]n1)N1C(=O)C2CC2C1=O. The van der Waals surface area contributed by atoms with Crippen molar-refractivity contribution >= 4 is 11.8 Å². The monoisotopic (exact) mass is 207 g/mol. The zero-order valence-electron chi connectivity index (χ0n) is 8.04. The topological polar surface area (TPSA) is 91.8 Å². The summed E-state index contributed by atoms with van der Waals surface area (Å²) in [7, 11) is 0. The summed E-state index contributed by atoms with van der Waals surface area (Å²) in [4.78, 5) is 24.7. The van der Waals surface area contributed by atoms with E-state index < -0.39 is 6.04 Å². The zero-order valence-corrected chi connectivity index (χ0v) is 8.04. The number of likely N-dealkylation sites (tertiary alicyclic amines) is 1. The summed E-state index contributed by atoms with van der Waals surface area (Å²) >= 11 is 0. The molecule has 2 heterocycles. The Kier molecular flexibility index (Phi) is 1.49. The number of carbonyl (C=O) groups is 2. The molecule has 7 nitrogen and oxygen atoms in total. The standard InChI is InChI=1S/C8H9N5O2/c1-3(6-9-11-12-10-6)13-7(14)4-2-5(4)8(13)15/h3-5H,2H2,1H3,(H,9,10,11,12). The molecule has 1 aromatic rings. The summed E-state index contributed by atoms with van der Waals surface area (Å²) < 4.78 is 0. The number of fused-ring (bicyclic) bond motifs is 1. The minimum atomic E-state index is -0.420. The largest absolute Gasteiger partial charge is 0.274 e. The van der Waals surface area contributed by atoms with Crippen molar-refractivity contribution < 1.29 is 9.59 Å². The highest BCUT2D eigenvalue weighted by Crippen LogP contribution is 2.49. The second-order valence-corrected chi connectivity index (χ2v) is 3.94. The van der Waals surface area contributed by atoms with Gasteiger partial charge in [0.25, 0.3) is 0 Å². The quantitative estimate of drug-likeness (QED) is 0.645. The van der Waals surface area contributed by atoms with Gasteiger partial charge < -0.3 is 0 Å². The van der Waals surface area contributed by atoms with Crippen molar-refractivity contribution in [3.8, 4) is 0 Å². The Hall–Kier alpha value is -1.79. The maximum absolute atomic E-state index is 11.7. The first kappa shape index (κ1) is 8.51. The van der Waals surface area contributed by atoms with E-state index in [-0.39, 0.29) is 23.7 Å². The van der Waals surface area contributed by atoms with Gasteiger partial charge in [-0.25, -0.2) is 0 Å². The maximum Gasteiger partial charge on any atom is 0.233 e. The van der Waals surface area contributed by atoms with Gasteiger partial charge in [-0.15, -0.1) is 10.2 Å². The molecule has 2 amide bonds. The van der Waals surface area contributed by atoms with E-state index in [1.165, 1.54) is 4.90 Å². The Bertz CT molecular complexity index is 408. The normalized spacial score (nSPS) is 30.6. The molecule has 0 spiro atoms. The number of nitrogens with one attached hydrogen (secondary N) is 1. The molecule has 0 radical (unpaired) electrons. The van der Waals surface area contributed by atoms with Crippen LogP contribution in [-0.4, -0.2) is 37.3 Å². The minimum Gasteiger partial charge on any atom is -0.274 e. The molecular weight excluding hydrogens is 198 g/mol. The van der Waals surface area contributed by atoms with Gasteiger partial charge in [0.15, 0.2) is 5.82 Å². The van der Waals surface area contributed by atoms with Crippen LogP contribution in [0.15, 0.2) is 0 Å². The fourth-order valence-electron chi connectivity index (χ4n) is 2.05. The molecule has 78 valence electrons. The van der Waals surface area contributed by atoms with Crippen LogP contribution in [0.1, 0.15) is 25.2 Å². The molecule has 2 fully saturated rings. The van der Waals surface area contributed by atoms with Crippen LogP contribution in [0.2, 0.25) is 0 Å². The third-order valence-electron chi connectivity index (χ3n) is 3.02. The second kappa shape index (κ2) is 2.62. The number of nitrogens with zero attached hydrogens (tertiary/aromatic N) is 4. The number of hydrogen-bond acceptors (Lipinski definition) is 5. The molecule has 1 aromatic heterocycles. The zero-order chi connectivity index (χ0) is 10.6. The van der Waals surface area contributed by atoms with Crippen LogP contribution in [0.25, 0.3) is 0 Å². The first-order chi connectivity index (χ1) is 7.20. The molecule has 1 saturated heterocycles. The Labute approximate surface area is 84.8 Å². The number of carbonyl (C=O) groups excluding carboxylic acids is 2. The summed E-state index contributed by atoms with van der Waals surface area (Å²) in [6.07, 6.45) is 0.715. The summed E-state index contributed by atoms with van der Waals surface area (Å²) in [6.45, 7) is 1.73. The van der Waals surface area contributed by atoms with E-state index in [0.717, 1.165) is 0 Å². The van der Waals surface area contributed by atoms with Gasteiger partial charge in [0.05, 0.1) is 11.8 Å². The van der Waals surface area contributed by atoms with E-state index in [2.05, 4.69) is 20.6 Å². The van der Waals surface area contributed by atoms with Crippen molar-refractivity contribution in [2.75, 3.05) is 0 Å². The average molecular weight is 207 g/mol. The molecule has 1 saturated carbocycles. The van der Waals surface area contributed by atoms with Crippen molar-refractivity contribution in [1.82, 2.24) is 25.5 Å². The van der Waals surface area contributed by atoms with Crippen LogP contribution in [0, 0.1) is 11.8 Å². The first-order valence-corrected chi connectivity index (χ1v) is 4.80. The number of H-pyrrole nitrogens is 1. The van der Waals surface area contributed by atoms with Crippen LogP contribution in [0.5, 0.6) is 0 Å². The van der Waals surface area contributed by atoms with E-state index in [9.17, 15) is 9.59 Å². The number of tetrazole rings is 1. The molecule has 3 rings (SSSR count). The lowest BCUT2D eigenvalue weighted by molar-refractivity contribution is -0.144. The summed E-state index contributed by atoms with van der Waals surface area (Å²) in [5.41, 5.74) is 0. The van der Waals surface area contributed by atoms with Gasteiger partial charge in [-0.3, -0.25) is 14.5 Å². The van der Waals surface area contributed by atoms with E-state index in [1.54, 1.807) is 6.92 Å². The highest BCUT2D eigenvalue weighted by molar-refractivity contribution is 6.09. The van der Waals surface area contributed by atoms with E-state index in [4.69, 9.17) is 0 Å². The van der Waals surface area contributed by atoms with Crippen LogP contribution in [0.4, 0.5) is 0 Å². The van der Waals surface area contributed by atoms with Crippen LogP contribution in [0.3, 0.4) is 0 Å². The maximum atomic E-state index is 11.7. The van der Waals surface area contributed by atoms with Gasteiger partial charge in [-0.2, -0.15) is 5.21 Å². The lowest BCUT2D eigenvalue weighted by atomic mass is 10.2. The molecule has 1 N–H and O–H groups in total. The van der Waals surface area contributed by atoms with Gasteiger partial charge in [0.2, 0.25) is 11.8 Å². The molecular formula is C8H9N5O2. The van der Waals surface area contributed by atoms with Crippen molar-refractivity contribution in [2.45, 2.75) is 19.4 Å². The summed E-state index contributed by atoms with van der Waals surface area (Å²) in [5, 5.41) is 13.3. The van der Waals surface area contributed by atoms with Crippen molar-refractivity contribution in [1.29, 1.82) is 0 Å². The van der Waals surface area contributed by atoms with Gasteiger partial charge in [0, 0.05) is 0 Å². The van der Waals surface area contributed by atoms with E-state index in [1.807, 2.05) is 0 Å². The van der Waals surface area contributed by atoms with Crippen LogP contribution >= 0.6 is 0 Å². The van der Waals surface area contributed by atoms with Gasteiger partial charge >= 0.3 is 0 Å². The van der Waals surface area contributed by atoms with Gasteiger partial charge in [-0.05, 0) is 13.3 Å². The van der Waals surface area contributed by atoms with E-state index >= 15 is 0 Å². The Morgan fingerprint density at radius 3 is 2.60 bits per heavy atom. The molecule has 0 bridgehead atoms. The highest BCUT2D eigenvalue weighted by Gasteiger charge is 2.60. The third-order valence-corrected chi connectivity index (χ3v) is 3.02. The average Bonchev–Trinajstić information content (AvgIpc) is 2.75. The number of aromatic nitrogens is 4. The number of piperidine rings is 1. The van der Waals surface area contributed by atoms with Crippen molar-refractivity contribution in [2.24, 2.45) is 11.8 Å². The van der Waals surface area contributed by atoms with Gasteiger partial charge in [0.1, 0.15) is 6.04 Å². The number of hydrogen-bond donors (Lipinski definition) is 1. The Morgan fingerprint density at radius 2 is 2.07 bits per heavy atom. The molecule has 0 aromatic carbocycles. The minimum absolute atomic E-state index is 0.0770. The Balaban J connectivity index is 1.89. The second-order valence-electron chi connectivity index (χ2n) is 3.94. The van der Waals surface area contributed by atoms with E-state index in [0.29, 0.717) is 12.2 Å². The van der Waals surface area contributed by atoms with Crippen molar-refractivity contribution in [3.05, 3.63) is 5.82 Å². The molecule has 1 aliphatic heterocycles. The van der Waals surface area contributed by atoms with Gasteiger partial charge in [-0.1, -0.05) is 5.21 Å². The number of aromatic amines is 1. The fourth-order valence-corrected chi connectivity index (χ4v) is 2.05. The number of amides is 2. The number of imide groups is 1. The molecule has 3 unspecified atom stereocenters. The predicted molar refractivity (Wildman–Crippen MR) is 46.0 cm³/mol. The predicted octanol–water partition coefficient (Wildman–Crippen LogP) is -0.734. The summed E-state index contributed by atoms with van der Waals surface area (Å²) in [6, 6.07) is -0.420. The molecule has 7 heteroatoms. The Morgan fingerprint density at radius 1 is 1.40 bits per heavy atom. The molecule has 3 atom stereocenters. The van der Waals surface area contributed by atoms with Crippen LogP contribution in [-0.2, 0) is 9.59 Å². The smallest absolute Gasteiger partial charge is 0.233 e. The highest BCUT2D eigenvalue weighted by atomic mass is 16.2. The van der Waals surface area contributed by atoms with Crippen molar-refractivity contribution in [3.63, 3.8) is 0 Å². The molecule has 1 aliphatic carbocycles. The first-order valence-electron chi connectivity index (χ1n) is 4.80. The molecule has 2 aliphatic rings. The lowest BCUT2D eigenvalue weighted by Crippen LogP contribution is -2.35. The lowest BCUT2D eigenvalue weighted by Gasteiger charge is -2.21.